The van der Waals surface area contributed by atoms with Crippen molar-refractivity contribution in [3.63, 3.8) is 0 Å². The molecule has 9 nitrogen and oxygen atoms in total. The molecule has 0 fully saturated rings. The van der Waals surface area contributed by atoms with Crippen molar-refractivity contribution >= 4 is 21.8 Å². The zero-order valence-electron chi connectivity index (χ0n) is 15.8. The summed E-state index contributed by atoms with van der Waals surface area (Å²) >= 11 is 0. The SMILES string of the molecule is CCCCCCCCS(=O)(=O)N[C@H](C(=O)O)C(C(=O)[C@H](C)N)c1cnc[nH]1. The van der Waals surface area contributed by atoms with Gasteiger partial charge in [0.25, 0.3) is 0 Å². The van der Waals surface area contributed by atoms with Crippen molar-refractivity contribution in [2.75, 3.05) is 5.75 Å². The molecule has 1 aromatic rings. The number of ketones is 1. The number of carboxylic acid groups (broad SMARTS) is 1. The molecule has 1 rings (SSSR count). The van der Waals surface area contributed by atoms with E-state index in [9.17, 15) is 23.1 Å². The van der Waals surface area contributed by atoms with E-state index in [-0.39, 0.29) is 11.4 Å². The van der Waals surface area contributed by atoms with Gasteiger partial charge in [-0.15, -0.1) is 0 Å². The number of nitrogens with one attached hydrogen (secondary N) is 2. The minimum atomic E-state index is -3.87. The molecule has 0 bridgehead atoms. The van der Waals surface area contributed by atoms with E-state index in [4.69, 9.17) is 5.73 Å². The minimum Gasteiger partial charge on any atom is -0.480 e. The third kappa shape index (κ3) is 7.77. The number of carbonyl (C=O) groups is 2. The molecule has 3 atom stereocenters. The molecule has 10 heteroatoms. The van der Waals surface area contributed by atoms with Gasteiger partial charge in [-0.3, -0.25) is 9.59 Å². The fraction of sp³-hybridized carbons (Fsp3) is 0.706. The van der Waals surface area contributed by atoms with Crippen molar-refractivity contribution in [1.29, 1.82) is 0 Å². The molecule has 1 unspecified atom stereocenters. The second-order valence-electron chi connectivity index (χ2n) is 6.70. The molecule has 0 aliphatic heterocycles. The van der Waals surface area contributed by atoms with Gasteiger partial charge in [-0.25, -0.2) is 13.4 Å². The average Bonchev–Trinajstić information content (AvgIpc) is 3.11. The van der Waals surface area contributed by atoms with Gasteiger partial charge in [-0.05, 0) is 13.3 Å². The van der Waals surface area contributed by atoms with Crippen LogP contribution < -0.4 is 10.5 Å². The van der Waals surface area contributed by atoms with Crippen LogP contribution in [-0.4, -0.2) is 53.1 Å². The highest BCUT2D eigenvalue weighted by Crippen LogP contribution is 2.21. The monoisotopic (exact) mass is 402 g/mol. The van der Waals surface area contributed by atoms with E-state index in [1.807, 2.05) is 0 Å². The molecule has 0 radical (unpaired) electrons. The first-order chi connectivity index (χ1) is 12.7. The van der Waals surface area contributed by atoms with Crippen molar-refractivity contribution in [1.82, 2.24) is 14.7 Å². The molecular formula is C17H30N4O5S. The Morgan fingerprint density at radius 1 is 1.26 bits per heavy atom. The van der Waals surface area contributed by atoms with Crippen molar-refractivity contribution < 1.29 is 23.1 Å². The number of Topliss-reactive ketones (excluding diaryl/α,β-unsaturated/α-hetero) is 1. The Kier molecular flexibility index (Phi) is 9.61. The highest BCUT2D eigenvalue weighted by atomic mass is 32.2. The van der Waals surface area contributed by atoms with Crippen LogP contribution >= 0.6 is 0 Å². The van der Waals surface area contributed by atoms with E-state index in [2.05, 4.69) is 21.6 Å². The number of unbranched alkanes of at least 4 members (excludes halogenated alkanes) is 5. The molecule has 1 aromatic heterocycles. The van der Waals surface area contributed by atoms with Crippen molar-refractivity contribution in [3.8, 4) is 0 Å². The Bertz CT molecular complexity index is 688. The number of imidazole rings is 1. The van der Waals surface area contributed by atoms with Crippen molar-refractivity contribution in [3.05, 3.63) is 18.2 Å². The number of aromatic amines is 1. The Hall–Kier alpha value is -1.78. The van der Waals surface area contributed by atoms with E-state index in [1.165, 1.54) is 19.4 Å². The topological polar surface area (TPSA) is 155 Å². The van der Waals surface area contributed by atoms with Crippen LogP contribution in [0.5, 0.6) is 0 Å². The van der Waals surface area contributed by atoms with Gasteiger partial charge in [-0.2, -0.15) is 4.72 Å². The normalized spacial score (nSPS) is 15.2. The second-order valence-corrected chi connectivity index (χ2v) is 8.57. The summed E-state index contributed by atoms with van der Waals surface area (Å²) in [4.78, 5) is 30.7. The third-order valence-corrected chi connectivity index (χ3v) is 5.72. The van der Waals surface area contributed by atoms with Crippen LogP contribution in [0.15, 0.2) is 12.5 Å². The lowest BCUT2D eigenvalue weighted by molar-refractivity contribution is -0.141. The van der Waals surface area contributed by atoms with Crippen molar-refractivity contribution in [2.24, 2.45) is 5.73 Å². The molecule has 0 saturated heterocycles. The van der Waals surface area contributed by atoms with E-state index in [0.29, 0.717) is 6.42 Å². The van der Waals surface area contributed by atoms with Gasteiger partial charge in [0.1, 0.15) is 6.04 Å². The molecular weight excluding hydrogens is 372 g/mol. The van der Waals surface area contributed by atoms with Gasteiger partial charge < -0.3 is 15.8 Å². The fourth-order valence-corrected chi connectivity index (χ4v) is 4.13. The maximum Gasteiger partial charge on any atom is 0.322 e. The zero-order valence-corrected chi connectivity index (χ0v) is 16.7. The molecule has 5 N–H and O–H groups in total. The summed E-state index contributed by atoms with van der Waals surface area (Å²) in [6.07, 6.45) is 7.96. The van der Waals surface area contributed by atoms with Gasteiger partial charge in [0, 0.05) is 11.9 Å². The Morgan fingerprint density at radius 2 is 1.89 bits per heavy atom. The first-order valence-corrected chi connectivity index (χ1v) is 10.8. The summed E-state index contributed by atoms with van der Waals surface area (Å²) in [5.74, 6) is -3.52. The predicted molar refractivity (Wildman–Crippen MR) is 102 cm³/mol. The molecule has 27 heavy (non-hydrogen) atoms. The summed E-state index contributed by atoms with van der Waals surface area (Å²) in [6.45, 7) is 3.52. The summed E-state index contributed by atoms with van der Waals surface area (Å²) in [5, 5.41) is 9.55. The number of aliphatic carboxylic acids is 1. The number of aromatic nitrogens is 2. The van der Waals surface area contributed by atoms with Gasteiger partial charge in [0.05, 0.1) is 24.0 Å². The molecule has 0 aliphatic carbocycles. The van der Waals surface area contributed by atoms with Crippen LogP contribution in [0.2, 0.25) is 0 Å². The van der Waals surface area contributed by atoms with E-state index in [0.717, 1.165) is 32.1 Å². The average molecular weight is 403 g/mol. The second kappa shape index (κ2) is 11.2. The van der Waals surface area contributed by atoms with E-state index >= 15 is 0 Å². The largest absolute Gasteiger partial charge is 0.480 e. The quantitative estimate of drug-likeness (QED) is 0.340. The van der Waals surface area contributed by atoms with Crippen molar-refractivity contribution in [2.45, 2.75) is 70.4 Å². The molecule has 1 heterocycles. The van der Waals surface area contributed by atoms with Crippen LogP contribution in [0.3, 0.4) is 0 Å². The lowest BCUT2D eigenvalue weighted by Crippen LogP contribution is -2.50. The van der Waals surface area contributed by atoms with Crippen LogP contribution in [0.4, 0.5) is 0 Å². The standard InChI is InChI=1S/C17H30N4O5S/c1-3-4-5-6-7-8-9-27(25,26)21-15(17(23)24)14(16(22)12(2)18)13-10-19-11-20-13/h10-12,14-15,21H,3-9,18H2,1-2H3,(H,19,20)(H,23,24)/t12-,14?,15-/m0/s1. The van der Waals surface area contributed by atoms with Crippen LogP contribution in [0.25, 0.3) is 0 Å². The molecule has 0 saturated carbocycles. The minimum absolute atomic E-state index is 0.190. The van der Waals surface area contributed by atoms with Gasteiger partial charge >= 0.3 is 5.97 Å². The third-order valence-electron chi connectivity index (χ3n) is 4.28. The molecule has 154 valence electrons. The highest BCUT2D eigenvalue weighted by Gasteiger charge is 2.39. The summed E-state index contributed by atoms with van der Waals surface area (Å²) in [7, 11) is -3.87. The van der Waals surface area contributed by atoms with Gasteiger partial charge in [0.2, 0.25) is 10.0 Å². The number of carboxylic acids is 1. The summed E-state index contributed by atoms with van der Waals surface area (Å²) in [5.41, 5.74) is 5.83. The van der Waals surface area contributed by atoms with Gasteiger partial charge in [0.15, 0.2) is 5.78 Å². The van der Waals surface area contributed by atoms with Gasteiger partial charge in [-0.1, -0.05) is 39.0 Å². The maximum absolute atomic E-state index is 12.5. The van der Waals surface area contributed by atoms with E-state index in [1.54, 1.807) is 0 Å². The number of nitrogens with two attached hydrogens (primary N) is 1. The van der Waals surface area contributed by atoms with Crippen LogP contribution in [0.1, 0.15) is 64.0 Å². The molecule has 0 aromatic carbocycles. The molecule has 0 amide bonds. The number of hydrogen-bond acceptors (Lipinski definition) is 6. The Morgan fingerprint density at radius 3 is 2.41 bits per heavy atom. The van der Waals surface area contributed by atoms with E-state index < -0.39 is 39.8 Å². The fourth-order valence-electron chi connectivity index (χ4n) is 2.80. The molecule has 0 spiro atoms. The Balaban J connectivity index is 2.86. The first kappa shape index (κ1) is 23.3. The number of H-pyrrole nitrogens is 1. The number of sulfonamides is 1. The number of rotatable bonds is 14. The number of carbonyl (C=O) groups excluding carboxylic acids is 1. The predicted octanol–water partition coefficient (Wildman–Crippen LogP) is 1.14. The maximum atomic E-state index is 12.5. The lowest BCUT2D eigenvalue weighted by atomic mass is 9.89. The summed E-state index contributed by atoms with van der Waals surface area (Å²) < 4.78 is 26.9. The number of nitrogens with zero attached hydrogens (tertiary/aromatic N) is 1. The summed E-state index contributed by atoms with van der Waals surface area (Å²) in [6, 6.07) is -2.61. The number of hydrogen-bond donors (Lipinski definition) is 4. The first-order valence-electron chi connectivity index (χ1n) is 9.20. The zero-order chi connectivity index (χ0) is 20.4. The van der Waals surface area contributed by atoms with Crippen LogP contribution in [0, 0.1) is 0 Å². The molecule has 0 aliphatic rings. The Labute approximate surface area is 160 Å². The highest BCUT2D eigenvalue weighted by molar-refractivity contribution is 7.89. The van der Waals surface area contributed by atoms with Crippen LogP contribution in [-0.2, 0) is 19.6 Å². The smallest absolute Gasteiger partial charge is 0.322 e. The lowest BCUT2D eigenvalue weighted by Gasteiger charge is -2.24.